The Morgan fingerprint density at radius 3 is 2.69 bits per heavy atom. The normalized spacial score (nSPS) is 11.3. The molecule has 0 saturated carbocycles. The van der Waals surface area contributed by atoms with E-state index in [1.54, 1.807) is 16.8 Å². The molecule has 16 heavy (non-hydrogen) atoms. The molecule has 2 rings (SSSR count). The van der Waals surface area contributed by atoms with E-state index in [1.807, 2.05) is 13.8 Å². The highest BCUT2D eigenvalue weighted by Gasteiger charge is 2.13. The van der Waals surface area contributed by atoms with Gasteiger partial charge in [0.25, 0.3) is 0 Å². The highest BCUT2D eigenvalue weighted by molar-refractivity contribution is 6.35. The number of carbonyl (C=O) groups excluding carboxylic acids is 1. The summed E-state index contributed by atoms with van der Waals surface area (Å²) in [6.45, 7) is 5.52. The first-order chi connectivity index (χ1) is 7.50. The van der Waals surface area contributed by atoms with E-state index in [9.17, 15) is 4.79 Å². The highest BCUT2D eigenvalue weighted by Crippen LogP contribution is 2.25. The third kappa shape index (κ3) is 1.69. The molecule has 0 radical (unpaired) electrons. The molecule has 5 heteroatoms. The van der Waals surface area contributed by atoms with E-state index in [-0.39, 0.29) is 11.8 Å². The fraction of sp³-hybridized carbons (Fsp3) is 0.364. The van der Waals surface area contributed by atoms with Gasteiger partial charge in [0, 0.05) is 11.6 Å². The summed E-state index contributed by atoms with van der Waals surface area (Å²) in [5.41, 5.74) is 2.02. The molecule has 0 amide bonds. The Balaban J connectivity index is 2.76. The van der Waals surface area contributed by atoms with Gasteiger partial charge in [0.1, 0.15) is 5.52 Å². The first-order valence-electron chi connectivity index (χ1n) is 5.06. The molecule has 0 spiro atoms. The maximum atomic E-state index is 11.3. The van der Waals surface area contributed by atoms with Crippen LogP contribution in [0.15, 0.2) is 12.1 Å². The lowest BCUT2D eigenvalue weighted by atomic mass is 10.1. The van der Waals surface area contributed by atoms with Crippen LogP contribution in [0.2, 0.25) is 5.02 Å². The van der Waals surface area contributed by atoms with E-state index in [1.165, 1.54) is 6.92 Å². The number of rotatable bonds is 2. The summed E-state index contributed by atoms with van der Waals surface area (Å²) >= 11 is 6.06. The average Bonchev–Trinajstić information content (AvgIpc) is 2.61. The SMILES string of the molecule is CC(=O)c1cc(Cl)c2nnn(C(C)C)c2c1. The predicted octanol–water partition coefficient (Wildman–Crippen LogP) is 2.87. The van der Waals surface area contributed by atoms with Crippen molar-refractivity contribution < 1.29 is 4.79 Å². The second kappa shape index (κ2) is 3.87. The second-order valence-corrected chi connectivity index (χ2v) is 4.42. The maximum absolute atomic E-state index is 11.3. The van der Waals surface area contributed by atoms with Gasteiger partial charge >= 0.3 is 0 Å². The van der Waals surface area contributed by atoms with Crippen molar-refractivity contribution >= 4 is 28.4 Å². The molecule has 4 nitrogen and oxygen atoms in total. The molecular weight excluding hydrogens is 226 g/mol. The molecule has 1 heterocycles. The number of hydrogen-bond acceptors (Lipinski definition) is 3. The van der Waals surface area contributed by atoms with Crippen molar-refractivity contribution in [3.63, 3.8) is 0 Å². The van der Waals surface area contributed by atoms with Crippen LogP contribution in [0.5, 0.6) is 0 Å². The lowest BCUT2D eigenvalue weighted by Crippen LogP contribution is -2.03. The van der Waals surface area contributed by atoms with Crippen LogP contribution in [0, 0.1) is 0 Å². The van der Waals surface area contributed by atoms with Crippen molar-refractivity contribution in [2.24, 2.45) is 0 Å². The van der Waals surface area contributed by atoms with Crippen LogP contribution in [0.3, 0.4) is 0 Å². The van der Waals surface area contributed by atoms with Gasteiger partial charge < -0.3 is 0 Å². The standard InChI is InChI=1S/C11H12ClN3O/c1-6(2)15-10-5-8(7(3)16)4-9(12)11(10)13-14-15/h4-6H,1-3H3. The Bertz CT molecular complexity index is 560. The Kier molecular flexibility index (Phi) is 2.68. The largest absolute Gasteiger partial charge is 0.295 e. The first kappa shape index (κ1) is 11.1. The number of Topliss-reactive ketones (excluding diaryl/α,β-unsaturated/α-hetero) is 1. The number of benzene rings is 1. The van der Waals surface area contributed by atoms with Crippen LogP contribution in [0.4, 0.5) is 0 Å². The molecule has 0 unspecified atom stereocenters. The topological polar surface area (TPSA) is 47.8 Å². The summed E-state index contributed by atoms with van der Waals surface area (Å²) in [5, 5.41) is 8.50. The van der Waals surface area contributed by atoms with E-state index >= 15 is 0 Å². The third-order valence-electron chi connectivity index (χ3n) is 2.43. The van der Waals surface area contributed by atoms with Crippen LogP contribution in [0.1, 0.15) is 37.2 Å². The van der Waals surface area contributed by atoms with Crippen LogP contribution in [0.25, 0.3) is 11.0 Å². The lowest BCUT2D eigenvalue weighted by molar-refractivity contribution is 0.101. The average molecular weight is 238 g/mol. The molecule has 0 saturated heterocycles. The summed E-state index contributed by atoms with van der Waals surface area (Å²) in [6, 6.07) is 3.60. The van der Waals surface area contributed by atoms with E-state index < -0.39 is 0 Å². The molecule has 0 N–H and O–H groups in total. The minimum absolute atomic E-state index is 0.0136. The summed E-state index contributed by atoms with van der Waals surface area (Å²) in [7, 11) is 0. The van der Waals surface area contributed by atoms with Gasteiger partial charge in [-0.2, -0.15) is 0 Å². The van der Waals surface area contributed by atoms with Gasteiger partial charge in [-0.3, -0.25) is 4.79 Å². The van der Waals surface area contributed by atoms with Crippen molar-refractivity contribution in [2.75, 3.05) is 0 Å². The van der Waals surface area contributed by atoms with Gasteiger partial charge in [-0.05, 0) is 32.9 Å². The smallest absolute Gasteiger partial charge is 0.159 e. The Labute approximate surface area is 98.2 Å². The number of halogens is 1. The number of hydrogen-bond donors (Lipinski definition) is 0. The molecule has 0 aliphatic carbocycles. The van der Waals surface area contributed by atoms with Crippen molar-refractivity contribution in [1.82, 2.24) is 15.0 Å². The van der Waals surface area contributed by atoms with Crippen LogP contribution in [-0.2, 0) is 0 Å². The van der Waals surface area contributed by atoms with Crippen LogP contribution in [-0.4, -0.2) is 20.8 Å². The quantitative estimate of drug-likeness (QED) is 0.755. The van der Waals surface area contributed by atoms with Crippen LogP contribution < -0.4 is 0 Å². The molecule has 0 aliphatic heterocycles. The highest BCUT2D eigenvalue weighted by atomic mass is 35.5. The number of fused-ring (bicyclic) bond motifs is 1. The van der Waals surface area contributed by atoms with Gasteiger partial charge in [0.05, 0.1) is 10.5 Å². The molecule has 0 bridgehead atoms. The van der Waals surface area contributed by atoms with Gasteiger partial charge in [-0.25, -0.2) is 4.68 Å². The van der Waals surface area contributed by atoms with Gasteiger partial charge in [-0.1, -0.05) is 16.8 Å². The summed E-state index contributed by atoms with van der Waals surface area (Å²) in [4.78, 5) is 11.3. The van der Waals surface area contributed by atoms with Crippen LogP contribution >= 0.6 is 11.6 Å². The fourth-order valence-corrected chi connectivity index (χ4v) is 1.84. The first-order valence-corrected chi connectivity index (χ1v) is 5.44. The predicted molar refractivity (Wildman–Crippen MR) is 62.9 cm³/mol. The molecule has 1 aromatic carbocycles. The minimum Gasteiger partial charge on any atom is -0.295 e. The monoisotopic (exact) mass is 237 g/mol. The zero-order valence-electron chi connectivity index (χ0n) is 9.36. The summed E-state index contributed by atoms with van der Waals surface area (Å²) in [6.07, 6.45) is 0. The van der Waals surface area contributed by atoms with Crippen molar-refractivity contribution in [2.45, 2.75) is 26.8 Å². The zero-order chi connectivity index (χ0) is 11.9. The number of nitrogens with zero attached hydrogens (tertiary/aromatic N) is 3. The van der Waals surface area contributed by atoms with Crippen molar-refractivity contribution in [3.05, 3.63) is 22.7 Å². The van der Waals surface area contributed by atoms with E-state index in [0.29, 0.717) is 16.1 Å². The fourth-order valence-electron chi connectivity index (χ4n) is 1.58. The molecule has 0 atom stereocenters. The third-order valence-corrected chi connectivity index (χ3v) is 2.71. The Morgan fingerprint density at radius 2 is 2.12 bits per heavy atom. The summed E-state index contributed by atoms with van der Waals surface area (Å²) in [5.74, 6) is -0.0136. The van der Waals surface area contributed by atoms with Crippen molar-refractivity contribution in [1.29, 1.82) is 0 Å². The lowest BCUT2D eigenvalue weighted by Gasteiger charge is -2.06. The Morgan fingerprint density at radius 1 is 1.44 bits per heavy atom. The molecule has 1 aromatic heterocycles. The maximum Gasteiger partial charge on any atom is 0.159 e. The Hall–Kier alpha value is -1.42. The van der Waals surface area contributed by atoms with E-state index in [0.717, 1.165) is 5.52 Å². The minimum atomic E-state index is -0.0136. The number of aromatic nitrogens is 3. The van der Waals surface area contributed by atoms with E-state index in [4.69, 9.17) is 11.6 Å². The van der Waals surface area contributed by atoms with Crippen molar-refractivity contribution in [3.8, 4) is 0 Å². The molecular formula is C11H12ClN3O. The molecule has 0 fully saturated rings. The second-order valence-electron chi connectivity index (χ2n) is 4.01. The van der Waals surface area contributed by atoms with Gasteiger partial charge in [0.15, 0.2) is 5.78 Å². The molecule has 2 aromatic rings. The van der Waals surface area contributed by atoms with Gasteiger partial charge in [0.2, 0.25) is 0 Å². The zero-order valence-corrected chi connectivity index (χ0v) is 10.1. The summed E-state index contributed by atoms with van der Waals surface area (Å²) < 4.78 is 1.76. The van der Waals surface area contributed by atoms with Gasteiger partial charge in [-0.15, -0.1) is 5.10 Å². The van der Waals surface area contributed by atoms with E-state index in [2.05, 4.69) is 10.3 Å². The number of ketones is 1. The number of carbonyl (C=O) groups is 1. The molecule has 0 aliphatic rings. The molecule has 84 valence electrons.